The number of alkyl halides is 3. The van der Waals surface area contributed by atoms with Crippen LogP contribution in [0.4, 0.5) is 18.2 Å². The van der Waals surface area contributed by atoms with Crippen molar-refractivity contribution < 1.29 is 37.0 Å². The van der Waals surface area contributed by atoms with Gasteiger partial charge in [0.1, 0.15) is 15.6 Å². The molecule has 3 aromatic rings. The van der Waals surface area contributed by atoms with Gasteiger partial charge < -0.3 is 14.8 Å². The third kappa shape index (κ3) is 4.85. The van der Waals surface area contributed by atoms with Crippen LogP contribution in [0.15, 0.2) is 12.1 Å². The Hall–Kier alpha value is -3.48. The zero-order chi connectivity index (χ0) is 25.5. The summed E-state index contributed by atoms with van der Waals surface area (Å²) in [6.07, 6.45) is -2.65. The zero-order valence-corrected chi connectivity index (χ0v) is 19.8. The van der Waals surface area contributed by atoms with Gasteiger partial charge in [0.05, 0.1) is 19.3 Å². The lowest BCUT2D eigenvalue weighted by Gasteiger charge is -2.10. The molecule has 35 heavy (non-hydrogen) atoms. The number of hydrogen-bond acceptors (Lipinski definition) is 8. The van der Waals surface area contributed by atoms with E-state index in [1.165, 1.54) is 14.0 Å². The Bertz CT molecular complexity index is 1330. The molecule has 1 N–H and O–H groups in total. The number of esters is 2. The number of rotatable bonds is 7. The summed E-state index contributed by atoms with van der Waals surface area (Å²) in [7, 11) is 1.17. The number of nitrogens with one attached hydrogen (secondary N) is 1. The molecule has 13 heteroatoms. The average molecular weight is 510 g/mol. The molecule has 0 aliphatic heterocycles. The Kier molecular flexibility index (Phi) is 6.54. The number of amides is 1. The number of carbonyl (C=O) groups is 3. The maximum atomic E-state index is 13.7. The molecule has 0 aromatic carbocycles. The molecule has 1 amide bonds. The molecular weight excluding hydrogens is 489 g/mol. The predicted octanol–water partition coefficient (Wildman–Crippen LogP) is 4.60. The van der Waals surface area contributed by atoms with Gasteiger partial charge in [-0.15, -0.1) is 11.3 Å². The van der Waals surface area contributed by atoms with Crippen LogP contribution >= 0.6 is 11.3 Å². The Balaban J connectivity index is 1.72. The van der Waals surface area contributed by atoms with Gasteiger partial charge in [0.15, 0.2) is 11.3 Å². The van der Waals surface area contributed by atoms with Crippen LogP contribution < -0.4 is 5.32 Å². The van der Waals surface area contributed by atoms with E-state index in [9.17, 15) is 27.6 Å². The van der Waals surface area contributed by atoms with Crippen LogP contribution in [0.2, 0.25) is 0 Å². The second-order valence-corrected chi connectivity index (χ2v) is 9.00. The Morgan fingerprint density at radius 3 is 2.54 bits per heavy atom. The first-order valence-electron chi connectivity index (χ1n) is 10.7. The van der Waals surface area contributed by atoms with Gasteiger partial charge in [-0.25, -0.2) is 19.1 Å². The number of ether oxygens (including phenoxy) is 2. The summed E-state index contributed by atoms with van der Waals surface area (Å²) < 4.78 is 51.4. The minimum Gasteiger partial charge on any atom is -0.465 e. The number of thiophene rings is 1. The maximum Gasteiger partial charge on any atom is 0.433 e. The fourth-order valence-corrected chi connectivity index (χ4v) is 4.57. The van der Waals surface area contributed by atoms with Gasteiger partial charge in [-0.2, -0.15) is 18.3 Å². The molecule has 186 valence electrons. The van der Waals surface area contributed by atoms with Gasteiger partial charge in [-0.1, -0.05) is 6.92 Å². The molecule has 3 heterocycles. The molecule has 1 fully saturated rings. The lowest BCUT2D eigenvalue weighted by atomic mass is 10.1. The minimum absolute atomic E-state index is 0.00580. The van der Waals surface area contributed by atoms with Crippen LogP contribution in [0.25, 0.3) is 5.65 Å². The first-order chi connectivity index (χ1) is 16.5. The van der Waals surface area contributed by atoms with E-state index in [2.05, 4.69) is 15.4 Å². The Labute approximate surface area is 201 Å². The lowest BCUT2D eigenvalue weighted by Crippen LogP contribution is -2.17. The van der Waals surface area contributed by atoms with Gasteiger partial charge >= 0.3 is 18.1 Å². The van der Waals surface area contributed by atoms with Gasteiger partial charge in [0, 0.05) is 17.7 Å². The van der Waals surface area contributed by atoms with Crippen LogP contribution in [0.5, 0.6) is 0 Å². The number of anilines is 1. The van der Waals surface area contributed by atoms with Crippen LogP contribution in [0.3, 0.4) is 0 Å². The standard InChI is InChI=1S/C22H21F3N4O5S/c1-4-7-34-20(31)16-10(2)17(21(32)33-3)35-19(16)27-18(30)13-9-15-26-12(11-5-6-11)8-14(22(23,24)25)29(15)28-13/h8-9,11H,4-7H2,1-3H3,(H,27,30). The van der Waals surface area contributed by atoms with E-state index in [1.54, 1.807) is 6.92 Å². The summed E-state index contributed by atoms with van der Waals surface area (Å²) >= 11 is 0.795. The van der Waals surface area contributed by atoms with Crippen LogP contribution in [-0.2, 0) is 15.7 Å². The van der Waals surface area contributed by atoms with Crippen LogP contribution in [-0.4, -0.2) is 46.2 Å². The molecule has 0 atom stereocenters. The molecule has 9 nitrogen and oxygen atoms in total. The van der Waals surface area contributed by atoms with Crippen LogP contribution in [0, 0.1) is 6.92 Å². The number of methoxy groups -OCH3 is 1. The number of aromatic nitrogens is 3. The van der Waals surface area contributed by atoms with E-state index in [4.69, 9.17) is 9.47 Å². The topological polar surface area (TPSA) is 112 Å². The quantitative estimate of drug-likeness (QED) is 0.462. The van der Waals surface area contributed by atoms with E-state index in [0.717, 1.165) is 36.3 Å². The molecule has 4 rings (SSSR count). The fourth-order valence-electron chi connectivity index (χ4n) is 3.46. The molecule has 1 saturated carbocycles. The monoisotopic (exact) mass is 510 g/mol. The normalized spacial score (nSPS) is 13.7. The number of hydrogen-bond donors (Lipinski definition) is 1. The van der Waals surface area contributed by atoms with Crippen molar-refractivity contribution in [1.82, 2.24) is 14.6 Å². The van der Waals surface area contributed by atoms with E-state index in [1.807, 2.05) is 0 Å². The van der Waals surface area contributed by atoms with E-state index in [-0.39, 0.29) is 44.9 Å². The molecule has 0 bridgehead atoms. The van der Waals surface area contributed by atoms with Gasteiger partial charge in [-0.3, -0.25) is 4.79 Å². The number of nitrogens with zero attached hydrogens (tertiary/aromatic N) is 3. The van der Waals surface area contributed by atoms with Gasteiger partial charge in [-0.05, 0) is 37.8 Å². The summed E-state index contributed by atoms with van der Waals surface area (Å²) in [6, 6.07) is 2.10. The summed E-state index contributed by atoms with van der Waals surface area (Å²) in [4.78, 5) is 42.0. The number of carbonyl (C=O) groups excluding carboxylic acids is 3. The lowest BCUT2D eigenvalue weighted by molar-refractivity contribution is -0.142. The summed E-state index contributed by atoms with van der Waals surface area (Å²) in [5, 5.41) is 6.29. The first kappa shape index (κ1) is 24.6. The van der Waals surface area contributed by atoms with Crippen molar-refractivity contribution in [1.29, 1.82) is 0 Å². The largest absolute Gasteiger partial charge is 0.465 e. The summed E-state index contributed by atoms with van der Waals surface area (Å²) in [5.41, 5.74) is -0.975. The van der Waals surface area contributed by atoms with Crippen molar-refractivity contribution in [3.05, 3.63) is 45.2 Å². The smallest absolute Gasteiger partial charge is 0.433 e. The van der Waals surface area contributed by atoms with Gasteiger partial charge in [0.25, 0.3) is 5.91 Å². The fraction of sp³-hybridized carbons (Fsp3) is 0.409. The Morgan fingerprint density at radius 1 is 1.23 bits per heavy atom. The molecule has 0 spiro atoms. The third-order valence-corrected chi connectivity index (χ3v) is 6.54. The zero-order valence-electron chi connectivity index (χ0n) is 19.0. The van der Waals surface area contributed by atoms with Crippen molar-refractivity contribution in [3.63, 3.8) is 0 Å². The van der Waals surface area contributed by atoms with Crippen LogP contribution in [0.1, 0.15) is 79.6 Å². The van der Waals surface area contributed by atoms with Crippen molar-refractivity contribution in [3.8, 4) is 0 Å². The SMILES string of the molecule is CCCOC(=O)c1c(NC(=O)c2cc3nc(C4CC4)cc(C(F)(F)F)n3n2)sc(C(=O)OC)c1C. The molecule has 0 saturated heterocycles. The second kappa shape index (κ2) is 9.29. The average Bonchev–Trinajstić information content (AvgIpc) is 3.49. The number of halogens is 3. The highest BCUT2D eigenvalue weighted by Crippen LogP contribution is 2.41. The molecule has 0 radical (unpaired) electrons. The molecular formula is C22H21F3N4O5S. The highest BCUT2D eigenvalue weighted by molar-refractivity contribution is 7.18. The van der Waals surface area contributed by atoms with Crippen molar-refractivity contribution in [2.75, 3.05) is 19.0 Å². The first-order valence-corrected chi connectivity index (χ1v) is 11.5. The maximum absolute atomic E-state index is 13.7. The van der Waals surface area contributed by atoms with E-state index >= 15 is 0 Å². The summed E-state index contributed by atoms with van der Waals surface area (Å²) in [5.74, 6) is -2.39. The third-order valence-electron chi connectivity index (χ3n) is 5.35. The van der Waals surface area contributed by atoms with E-state index in [0.29, 0.717) is 16.6 Å². The number of fused-ring (bicyclic) bond motifs is 1. The predicted molar refractivity (Wildman–Crippen MR) is 119 cm³/mol. The highest BCUT2D eigenvalue weighted by Gasteiger charge is 2.37. The van der Waals surface area contributed by atoms with Crippen molar-refractivity contribution in [2.24, 2.45) is 0 Å². The minimum atomic E-state index is -4.71. The Morgan fingerprint density at radius 2 is 1.94 bits per heavy atom. The molecule has 1 aliphatic rings. The van der Waals surface area contributed by atoms with E-state index < -0.39 is 29.7 Å². The molecule has 1 aliphatic carbocycles. The highest BCUT2D eigenvalue weighted by atomic mass is 32.1. The molecule has 0 unspecified atom stereocenters. The molecule has 3 aromatic heterocycles. The second-order valence-electron chi connectivity index (χ2n) is 7.98. The van der Waals surface area contributed by atoms with Gasteiger partial charge in [0.2, 0.25) is 0 Å². The summed E-state index contributed by atoms with van der Waals surface area (Å²) in [6.45, 7) is 3.43. The van der Waals surface area contributed by atoms with Crippen molar-refractivity contribution >= 4 is 39.8 Å². The van der Waals surface area contributed by atoms with Crippen molar-refractivity contribution in [2.45, 2.75) is 45.2 Å².